The lowest BCUT2D eigenvalue weighted by Crippen LogP contribution is -2.11. The molecule has 0 radical (unpaired) electrons. The van der Waals surface area contributed by atoms with E-state index in [1.165, 1.54) is 29.5 Å². The monoisotopic (exact) mass is 236 g/mol. The van der Waals surface area contributed by atoms with E-state index < -0.39 is 5.82 Å². The van der Waals surface area contributed by atoms with Gasteiger partial charge in [-0.2, -0.15) is 0 Å². The highest BCUT2D eigenvalue weighted by atomic mass is 32.1. The molecule has 1 amide bonds. The average molecular weight is 236 g/mol. The third-order valence-electron chi connectivity index (χ3n) is 1.93. The fraction of sp³-hybridized carbons (Fsp3) is 0.0909. The van der Waals surface area contributed by atoms with Crippen molar-refractivity contribution in [3.8, 4) is 0 Å². The molecule has 82 valence electrons. The second-order valence-electron chi connectivity index (χ2n) is 3.24. The number of hydrogen-bond donors (Lipinski definition) is 1. The number of anilines is 1. The molecule has 1 aromatic carbocycles. The summed E-state index contributed by atoms with van der Waals surface area (Å²) >= 11 is 1.38. The Morgan fingerprint density at radius 3 is 2.94 bits per heavy atom. The Kier molecular flexibility index (Phi) is 2.96. The number of benzene rings is 1. The van der Waals surface area contributed by atoms with Crippen molar-refractivity contribution >= 4 is 22.4 Å². The smallest absolute Gasteiger partial charge is 0.257 e. The van der Waals surface area contributed by atoms with E-state index in [1.54, 1.807) is 12.3 Å². The van der Waals surface area contributed by atoms with Gasteiger partial charge < -0.3 is 0 Å². The van der Waals surface area contributed by atoms with E-state index in [1.807, 2.05) is 6.92 Å². The van der Waals surface area contributed by atoms with Crippen molar-refractivity contribution in [2.75, 3.05) is 5.32 Å². The molecule has 0 aliphatic rings. The van der Waals surface area contributed by atoms with Gasteiger partial charge >= 0.3 is 0 Å². The van der Waals surface area contributed by atoms with Gasteiger partial charge in [-0.15, -0.1) is 11.3 Å². The lowest BCUT2D eigenvalue weighted by atomic mass is 10.2. The quantitative estimate of drug-likeness (QED) is 0.871. The second-order valence-corrected chi connectivity index (χ2v) is 4.48. The zero-order chi connectivity index (χ0) is 11.5. The number of halogens is 1. The maximum absolute atomic E-state index is 12.9. The second kappa shape index (κ2) is 4.40. The van der Waals surface area contributed by atoms with E-state index in [2.05, 4.69) is 10.3 Å². The maximum Gasteiger partial charge on any atom is 0.257 e. The van der Waals surface area contributed by atoms with Crippen molar-refractivity contribution < 1.29 is 9.18 Å². The molecular formula is C11H9FN2OS. The summed E-state index contributed by atoms with van der Waals surface area (Å²) < 4.78 is 12.9. The number of nitrogens with zero attached hydrogens (tertiary/aromatic N) is 1. The summed E-state index contributed by atoms with van der Waals surface area (Å²) in [4.78, 5) is 16.7. The van der Waals surface area contributed by atoms with E-state index in [9.17, 15) is 9.18 Å². The number of nitrogens with one attached hydrogen (secondary N) is 1. The largest absolute Gasteiger partial charge is 0.298 e. The van der Waals surface area contributed by atoms with Gasteiger partial charge in [0.05, 0.1) is 0 Å². The summed E-state index contributed by atoms with van der Waals surface area (Å²) in [7, 11) is 0. The third kappa shape index (κ3) is 2.43. The molecule has 16 heavy (non-hydrogen) atoms. The predicted molar refractivity (Wildman–Crippen MR) is 61.2 cm³/mol. The van der Waals surface area contributed by atoms with Crippen LogP contribution >= 0.6 is 11.3 Å². The first kappa shape index (κ1) is 10.8. The summed E-state index contributed by atoms with van der Waals surface area (Å²) in [6.45, 7) is 1.90. The summed E-state index contributed by atoms with van der Waals surface area (Å²) in [5, 5.41) is 3.13. The van der Waals surface area contributed by atoms with Gasteiger partial charge in [0.2, 0.25) is 0 Å². The molecule has 0 spiro atoms. The van der Waals surface area contributed by atoms with Crippen molar-refractivity contribution in [1.29, 1.82) is 0 Å². The average Bonchev–Trinajstić information content (AvgIpc) is 2.64. The molecule has 5 heteroatoms. The fourth-order valence-electron chi connectivity index (χ4n) is 1.21. The SMILES string of the molecule is Cc1cnc(NC(=O)c2cccc(F)c2)s1. The molecular weight excluding hydrogens is 227 g/mol. The molecule has 0 aliphatic heterocycles. The van der Waals surface area contributed by atoms with E-state index >= 15 is 0 Å². The molecule has 1 N–H and O–H groups in total. The van der Waals surface area contributed by atoms with Crippen LogP contribution in [0.1, 0.15) is 15.2 Å². The fourth-order valence-corrected chi connectivity index (χ4v) is 1.87. The van der Waals surface area contributed by atoms with Crippen LogP contribution in [0, 0.1) is 12.7 Å². The Morgan fingerprint density at radius 1 is 1.50 bits per heavy atom. The van der Waals surface area contributed by atoms with Crippen molar-refractivity contribution in [2.45, 2.75) is 6.92 Å². The van der Waals surface area contributed by atoms with Crippen LogP contribution in [-0.4, -0.2) is 10.9 Å². The lowest BCUT2D eigenvalue weighted by molar-refractivity contribution is 0.102. The van der Waals surface area contributed by atoms with Gasteiger partial charge in [0.25, 0.3) is 5.91 Å². The van der Waals surface area contributed by atoms with Crippen LogP contribution in [0.25, 0.3) is 0 Å². The minimum atomic E-state index is -0.428. The van der Waals surface area contributed by atoms with Crippen molar-refractivity contribution in [3.63, 3.8) is 0 Å². The molecule has 0 unspecified atom stereocenters. The Balaban J connectivity index is 2.14. The van der Waals surface area contributed by atoms with Crippen LogP contribution in [-0.2, 0) is 0 Å². The molecule has 2 rings (SSSR count). The van der Waals surface area contributed by atoms with E-state index in [4.69, 9.17) is 0 Å². The number of aryl methyl sites for hydroxylation is 1. The summed E-state index contributed by atoms with van der Waals surface area (Å²) in [5.74, 6) is -0.781. The van der Waals surface area contributed by atoms with Gasteiger partial charge in [-0.05, 0) is 25.1 Å². The number of carbonyl (C=O) groups excluding carboxylic acids is 1. The standard InChI is InChI=1S/C11H9FN2OS/c1-7-6-13-11(16-7)14-10(15)8-3-2-4-9(12)5-8/h2-6H,1H3,(H,13,14,15). The van der Waals surface area contributed by atoms with Crippen molar-refractivity contribution in [1.82, 2.24) is 4.98 Å². The van der Waals surface area contributed by atoms with E-state index in [0.717, 1.165) is 4.88 Å². The van der Waals surface area contributed by atoms with Crippen molar-refractivity contribution in [2.24, 2.45) is 0 Å². The number of amides is 1. The zero-order valence-corrected chi connectivity index (χ0v) is 9.34. The number of rotatable bonds is 2. The van der Waals surface area contributed by atoms with Crippen LogP contribution in [0.5, 0.6) is 0 Å². The summed E-state index contributed by atoms with van der Waals surface area (Å²) in [6.07, 6.45) is 1.67. The molecule has 0 fully saturated rings. The van der Waals surface area contributed by atoms with Gasteiger partial charge in [-0.1, -0.05) is 6.07 Å². The summed E-state index contributed by atoms with van der Waals surface area (Å²) in [6, 6.07) is 5.54. The zero-order valence-electron chi connectivity index (χ0n) is 8.53. The normalized spacial score (nSPS) is 10.1. The lowest BCUT2D eigenvalue weighted by Gasteiger charge is -2.01. The first-order chi connectivity index (χ1) is 7.65. The van der Waals surface area contributed by atoms with Gasteiger partial charge in [0.1, 0.15) is 5.82 Å². The molecule has 1 aromatic heterocycles. The number of thiazole rings is 1. The van der Waals surface area contributed by atoms with Crippen LogP contribution in [0.4, 0.5) is 9.52 Å². The highest BCUT2D eigenvalue weighted by molar-refractivity contribution is 7.15. The third-order valence-corrected chi connectivity index (χ3v) is 2.76. The molecule has 0 aliphatic carbocycles. The Hall–Kier alpha value is -1.75. The highest BCUT2D eigenvalue weighted by Crippen LogP contribution is 2.17. The first-order valence-electron chi connectivity index (χ1n) is 4.64. The topological polar surface area (TPSA) is 42.0 Å². The molecule has 0 saturated carbocycles. The minimum absolute atomic E-state index is 0.285. The van der Waals surface area contributed by atoms with Crippen LogP contribution in [0.15, 0.2) is 30.5 Å². The Bertz CT molecular complexity index is 524. The Labute approximate surface area is 96.0 Å². The van der Waals surface area contributed by atoms with Gasteiger partial charge in [0.15, 0.2) is 5.13 Å². The van der Waals surface area contributed by atoms with Crippen molar-refractivity contribution in [3.05, 3.63) is 46.7 Å². The highest BCUT2D eigenvalue weighted by Gasteiger charge is 2.08. The first-order valence-corrected chi connectivity index (χ1v) is 5.46. The van der Waals surface area contributed by atoms with E-state index in [0.29, 0.717) is 5.13 Å². The van der Waals surface area contributed by atoms with Gasteiger partial charge in [0, 0.05) is 16.6 Å². The van der Waals surface area contributed by atoms with E-state index in [-0.39, 0.29) is 11.5 Å². The number of aromatic nitrogens is 1. The maximum atomic E-state index is 12.9. The predicted octanol–water partition coefficient (Wildman–Crippen LogP) is 2.84. The van der Waals surface area contributed by atoms with Gasteiger partial charge in [-0.3, -0.25) is 10.1 Å². The molecule has 1 heterocycles. The number of hydrogen-bond acceptors (Lipinski definition) is 3. The molecule has 0 bridgehead atoms. The molecule has 0 atom stereocenters. The van der Waals surface area contributed by atoms with Crippen LogP contribution < -0.4 is 5.32 Å². The minimum Gasteiger partial charge on any atom is -0.298 e. The molecule has 3 nitrogen and oxygen atoms in total. The molecule has 0 saturated heterocycles. The number of carbonyl (C=O) groups is 1. The summed E-state index contributed by atoms with van der Waals surface area (Å²) in [5.41, 5.74) is 0.285. The Morgan fingerprint density at radius 2 is 2.31 bits per heavy atom. The van der Waals surface area contributed by atoms with Crippen LogP contribution in [0.3, 0.4) is 0 Å². The van der Waals surface area contributed by atoms with Gasteiger partial charge in [-0.25, -0.2) is 9.37 Å². The van der Waals surface area contributed by atoms with Crippen LogP contribution in [0.2, 0.25) is 0 Å². The molecule has 2 aromatic rings.